The van der Waals surface area contributed by atoms with Crippen molar-refractivity contribution in [2.75, 3.05) is 12.5 Å². The number of oxime groups is 1. The van der Waals surface area contributed by atoms with E-state index >= 15 is 0 Å². The Bertz CT molecular complexity index is 106. The molecule has 0 aromatic rings. The predicted octanol–water partition coefficient (Wildman–Crippen LogP) is 1.83. The van der Waals surface area contributed by atoms with Gasteiger partial charge in [0.25, 0.3) is 0 Å². The van der Waals surface area contributed by atoms with Crippen LogP contribution < -0.4 is 0 Å². The van der Waals surface area contributed by atoms with E-state index in [-0.39, 0.29) is 0 Å². The number of rotatable bonds is 4. The molecule has 0 aliphatic carbocycles. The SMILES string of the molecule is CCO/C(CCCCl)=N\O. The minimum Gasteiger partial charge on any atom is -0.479 e. The van der Waals surface area contributed by atoms with Gasteiger partial charge in [-0.05, 0) is 13.3 Å². The van der Waals surface area contributed by atoms with Gasteiger partial charge in [-0.2, -0.15) is 0 Å². The van der Waals surface area contributed by atoms with E-state index in [4.69, 9.17) is 21.5 Å². The van der Waals surface area contributed by atoms with Crippen molar-refractivity contribution in [2.45, 2.75) is 19.8 Å². The van der Waals surface area contributed by atoms with Crippen LogP contribution in [-0.2, 0) is 4.74 Å². The summed E-state index contributed by atoms with van der Waals surface area (Å²) in [5, 5.41) is 11.3. The van der Waals surface area contributed by atoms with E-state index in [9.17, 15) is 0 Å². The Labute approximate surface area is 65.6 Å². The van der Waals surface area contributed by atoms with Crippen molar-refractivity contribution in [2.24, 2.45) is 5.16 Å². The van der Waals surface area contributed by atoms with Gasteiger partial charge in [0.2, 0.25) is 5.90 Å². The Morgan fingerprint density at radius 2 is 2.40 bits per heavy atom. The van der Waals surface area contributed by atoms with Crippen molar-refractivity contribution in [1.82, 2.24) is 0 Å². The van der Waals surface area contributed by atoms with Gasteiger partial charge in [0.1, 0.15) is 0 Å². The number of hydrogen-bond acceptors (Lipinski definition) is 3. The van der Waals surface area contributed by atoms with Gasteiger partial charge in [-0.3, -0.25) is 0 Å². The molecule has 0 saturated heterocycles. The fourth-order valence-electron chi connectivity index (χ4n) is 0.536. The summed E-state index contributed by atoms with van der Waals surface area (Å²) < 4.78 is 4.93. The highest BCUT2D eigenvalue weighted by molar-refractivity contribution is 6.17. The van der Waals surface area contributed by atoms with Gasteiger partial charge in [0.05, 0.1) is 6.61 Å². The van der Waals surface area contributed by atoms with E-state index in [1.807, 2.05) is 6.92 Å². The molecular formula is C6H12ClNO2. The molecule has 0 bridgehead atoms. The van der Waals surface area contributed by atoms with Gasteiger partial charge in [-0.1, -0.05) is 5.16 Å². The van der Waals surface area contributed by atoms with Crippen LogP contribution in [-0.4, -0.2) is 23.6 Å². The van der Waals surface area contributed by atoms with Gasteiger partial charge in [-0.15, -0.1) is 11.6 Å². The lowest BCUT2D eigenvalue weighted by Gasteiger charge is -2.02. The molecule has 4 heteroatoms. The standard InChI is InChI=1S/C6H12ClNO2/c1-2-10-6(8-9)4-3-5-7/h9H,2-5H2,1H3/b8-6-. The van der Waals surface area contributed by atoms with Gasteiger partial charge < -0.3 is 9.94 Å². The fourth-order valence-corrected chi connectivity index (χ4v) is 0.669. The first-order chi connectivity index (χ1) is 4.85. The lowest BCUT2D eigenvalue weighted by molar-refractivity contribution is 0.257. The minimum atomic E-state index is 0.364. The Morgan fingerprint density at radius 3 is 2.80 bits per heavy atom. The fraction of sp³-hybridized carbons (Fsp3) is 0.833. The zero-order valence-corrected chi connectivity index (χ0v) is 6.76. The van der Waals surface area contributed by atoms with Crippen LogP contribution in [0.15, 0.2) is 5.16 Å². The highest BCUT2D eigenvalue weighted by Gasteiger charge is 1.97. The highest BCUT2D eigenvalue weighted by Crippen LogP contribution is 1.96. The van der Waals surface area contributed by atoms with Crippen LogP contribution in [0.4, 0.5) is 0 Å². The number of ether oxygens (including phenoxy) is 1. The van der Waals surface area contributed by atoms with Gasteiger partial charge >= 0.3 is 0 Å². The van der Waals surface area contributed by atoms with Gasteiger partial charge in [0, 0.05) is 12.3 Å². The predicted molar refractivity (Wildman–Crippen MR) is 40.8 cm³/mol. The highest BCUT2D eigenvalue weighted by atomic mass is 35.5. The lowest BCUT2D eigenvalue weighted by atomic mass is 10.3. The third-order valence-electron chi connectivity index (χ3n) is 0.947. The molecule has 0 atom stereocenters. The first-order valence-corrected chi connectivity index (χ1v) is 3.78. The summed E-state index contributed by atoms with van der Waals surface area (Å²) in [6.07, 6.45) is 1.38. The molecule has 0 heterocycles. The van der Waals surface area contributed by atoms with Crippen molar-refractivity contribution in [3.8, 4) is 0 Å². The molecule has 0 radical (unpaired) electrons. The van der Waals surface area contributed by atoms with Crippen molar-refractivity contribution >= 4 is 17.5 Å². The van der Waals surface area contributed by atoms with Crippen molar-refractivity contribution in [3.05, 3.63) is 0 Å². The minimum absolute atomic E-state index is 0.364. The Hall–Kier alpha value is -0.440. The topological polar surface area (TPSA) is 41.8 Å². The summed E-state index contributed by atoms with van der Waals surface area (Å²) in [7, 11) is 0. The summed E-state index contributed by atoms with van der Waals surface area (Å²) in [4.78, 5) is 0. The number of hydrogen-bond donors (Lipinski definition) is 1. The average molecular weight is 166 g/mol. The maximum Gasteiger partial charge on any atom is 0.225 e. The van der Waals surface area contributed by atoms with Crippen molar-refractivity contribution in [1.29, 1.82) is 0 Å². The molecular weight excluding hydrogens is 154 g/mol. The smallest absolute Gasteiger partial charge is 0.225 e. The Kier molecular flexibility index (Phi) is 6.38. The average Bonchev–Trinajstić information content (AvgIpc) is 1.98. The molecule has 0 unspecified atom stereocenters. The molecule has 0 aromatic carbocycles. The normalized spacial score (nSPS) is 11.6. The van der Waals surface area contributed by atoms with Crippen LogP contribution in [0.5, 0.6) is 0 Å². The maximum atomic E-state index is 8.30. The van der Waals surface area contributed by atoms with Crippen LogP contribution in [0.1, 0.15) is 19.8 Å². The Balaban J connectivity index is 3.41. The quantitative estimate of drug-likeness (QED) is 0.227. The molecule has 0 spiro atoms. The summed E-state index contributed by atoms with van der Waals surface area (Å²) in [5.74, 6) is 0.926. The maximum absolute atomic E-state index is 8.30. The van der Waals surface area contributed by atoms with Crippen LogP contribution in [0.3, 0.4) is 0 Å². The second-order valence-corrected chi connectivity index (χ2v) is 2.10. The van der Waals surface area contributed by atoms with Crippen molar-refractivity contribution < 1.29 is 9.94 Å². The second-order valence-electron chi connectivity index (χ2n) is 1.72. The summed E-state index contributed by atoms with van der Waals surface area (Å²) in [6.45, 7) is 2.37. The zero-order chi connectivity index (χ0) is 7.82. The first-order valence-electron chi connectivity index (χ1n) is 3.24. The van der Waals surface area contributed by atoms with Gasteiger partial charge in [-0.25, -0.2) is 0 Å². The van der Waals surface area contributed by atoms with E-state index in [2.05, 4.69) is 5.16 Å². The van der Waals surface area contributed by atoms with Crippen molar-refractivity contribution in [3.63, 3.8) is 0 Å². The van der Waals surface area contributed by atoms with E-state index in [1.54, 1.807) is 0 Å². The van der Waals surface area contributed by atoms with E-state index < -0.39 is 0 Å². The summed E-state index contributed by atoms with van der Waals surface area (Å²) in [5.41, 5.74) is 0. The number of alkyl halides is 1. The third kappa shape index (κ3) is 4.44. The lowest BCUT2D eigenvalue weighted by Crippen LogP contribution is -2.04. The molecule has 0 rings (SSSR count). The third-order valence-corrected chi connectivity index (χ3v) is 1.21. The van der Waals surface area contributed by atoms with Crippen LogP contribution in [0.25, 0.3) is 0 Å². The molecule has 0 fully saturated rings. The van der Waals surface area contributed by atoms with E-state index in [0.717, 1.165) is 6.42 Å². The molecule has 0 aliphatic heterocycles. The van der Waals surface area contributed by atoms with Crippen LogP contribution >= 0.6 is 11.6 Å². The summed E-state index contributed by atoms with van der Waals surface area (Å²) >= 11 is 5.41. The second kappa shape index (κ2) is 6.68. The molecule has 10 heavy (non-hydrogen) atoms. The Morgan fingerprint density at radius 1 is 1.70 bits per heavy atom. The van der Waals surface area contributed by atoms with E-state index in [1.165, 1.54) is 0 Å². The molecule has 0 aliphatic rings. The molecule has 60 valence electrons. The monoisotopic (exact) mass is 165 g/mol. The summed E-state index contributed by atoms with van der Waals surface area (Å²) in [6, 6.07) is 0. The van der Waals surface area contributed by atoms with Gasteiger partial charge in [0.15, 0.2) is 0 Å². The van der Waals surface area contributed by atoms with Crippen LogP contribution in [0.2, 0.25) is 0 Å². The largest absolute Gasteiger partial charge is 0.479 e. The number of nitrogens with zero attached hydrogens (tertiary/aromatic N) is 1. The number of halogens is 1. The zero-order valence-electron chi connectivity index (χ0n) is 6.01. The molecule has 1 N–H and O–H groups in total. The van der Waals surface area contributed by atoms with E-state index in [0.29, 0.717) is 24.8 Å². The molecule has 3 nitrogen and oxygen atoms in total. The molecule has 0 aromatic heterocycles. The van der Waals surface area contributed by atoms with Crippen LogP contribution in [0, 0.1) is 0 Å². The first kappa shape index (κ1) is 9.56. The molecule has 0 amide bonds. The molecule has 0 saturated carbocycles.